The Morgan fingerprint density at radius 1 is 1.41 bits per heavy atom. The molecule has 1 rings (SSSR count). The Labute approximate surface area is 108 Å². The molecule has 0 amide bonds. The van der Waals surface area contributed by atoms with Crippen molar-refractivity contribution in [3.63, 3.8) is 0 Å². The quantitative estimate of drug-likeness (QED) is 0.459. The molecule has 0 fully saturated rings. The molecule has 1 heterocycles. The molecule has 0 aliphatic carbocycles. The molecule has 0 radical (unpaired) electrons. The summed E-state index contributed by atoms with van der Waals surface area (Å²) < 4.78 is 0. The normalized spacial score (nSPS) is 9.94. The third kappa shape index (κ3) is 5.55. The van der Waals surface area contributed by atoms with Crippen LogP contribution < -0.4 is 5.32 Å². The summed E-state index contributed by atoms with van der Waals surface area (Å²) in [7, 11) is 0. The van der Waals surface area contributed by atoms with Crippen LogP contribution in [0.5, 0.6) is 0 Å². The van der Waals surface area contributed by atoms with Crippen LogP contribution in [0.25, 0.3) is 0 Å². The first-order chi connectivity index (χ1) is 8.26. The Balaban J connectivity index is 2.44. The van der Waals surface area contributed by atoms with Crippen molar-refractivity contribution in [1.82, 2.24) is 9.97 Å². The SMILES string of the molecule is C#CCCCCNc1cc(Cl)nc(CCC)n1. The molecule has 0 aromatic carbocycles. The van der Waals surface area contributed by atoms with E-state index in [4.69, 9.17) is 18.0 Å². The summed E-state index contributed by atoms with van der Waals surface area (Å²) >= 11 is 5.93. The molecule has 92 valence electrons. The smallest absolute Gasteiger partial charge is 0.134 e. The Morgan fingerprint density at radius 2 is 2.24 bits per heavy atom. The van der Waals surface area contributed by atoms with Gasteiger partial charge in [0.2, 0.25) is 0 Å². The monoisotopic (exact) mass is 251 g/mol. The molecule has 4 heteroatoms. The molecule has 0 bridgehead atoms. The van der Waals surface area contributed by atoms with Crippen LogP contribution in [0.3, 0.4) is 0 Å². The van der Waals surface area contributed by atoms with Crippen LogP contribution in [0, 0.1) is 12.3 Å². The predicted octanol–water partition coefficient (Wildman–Crippen LogP) is 3.30. The summed E-state index contributed by atoms with van der Waals surface area (Å²) in [6.07, 6.45) is 9.95. The fraction of sp³-hybridized carbons (Fsp3) is 0.538. The molecular weight excluding hydrogens is 234 g/mol. The molecule has 0 aliphatic rings. The zero-order valence-electron chi connectivity index (χ0n) is 10.2. The standard InChI is InChI=1S/C13H18ClN3/c1-3-5-6-7-9-15-13-10-11(14)16-12(17-13)8-4-2/h1,10H,4-9H2,2H3,(H,15,16,17). The second kappa shape index (κ2) is 7.92. The zero-order chi connectivity index (χ0) is 12.5. The molecule has 1 N–H and O–H groups in total. The zero-order valence-corrected chi connectivity index (χ0v) is 10.9. The van der Waals surface area contributed by atoms with Gasteiger partial charge in [-0.05, 0) is 19.3 Å². The first-order valence-electron chi connectivity index (χ1n) is 5.97. The number of unbranched alkanes of at least 4 members (excludes halogenated alkanes) is 2. The highest BCUT2D eigenvalue weighted by Crippen LogP contribution is 2.12. The van der Waals surface area contributed by atoms with Gasteiger partial charge >= 0.3 is 0 Å². The van der Waals surface area contributed by atoms with Crippen molar-refractivity contribution in [3.8, 4) is 12.3 Å². The Morgan fingerprint density at radius 3 is 2.94 bits per heavy atom. The van der Waals surface area contributed by atoms with Crippen molar-refractivity contribution in [2.75, 3.05) is 11.9 Å². The second-order valence-corrected chi connectivity index (χ2v) is 4.22. The van der Waals surface area contributed by atoms with E-state index in [0.717, 1.165) is 50.3 Å². The molecule has 0 saturated heterocycles. The van der Waals surface area contributed by atoms with E-state index in [1.165, 1.54) is 0 Å². The van der Waals surface area contributed by atoms with Crippen molar-refractivity contribution >= 4 is 17.4 Å². The molecule has 0 saturated carbocycles. The highest BCUT2D eigenvalue weighted by Gasteiger charge is 2.02. The number of nitrogens with one attached hydrogen (secondary N) is 1. The van der Waals surface area contributed by atoms with E-state index in [-0.39, 0.29) is 0 Å². The van der Waals surface area contributed by atoms with Gasteiger partial charge in [0, 0.05) is 25.5 Å². The van der Waals surface area contributed by atoms with Crippen molar-refractivity contribution < 1.29 is 0 Å². The van der Waals surface area contributed by atoms with E-state index >= 15 is 0 Å². The first kappa shape index (κ1) is 13.8. The van der Waals surface area contributed by atoms with Crippen molar-refractivity contribution in [2.24, 2.45) is 0 Å². The van der Waals surface area contributed by atoms with Crippen LogP contribution in [0.4, 0.5) is 5.82 Å². The van der Waals surface area contributed by atoms with Gasteiger partial charge in [-0.3, -0.25) is 0 Å². The second-order valence-electron chi connectivity index (χ2n) is 3.83. The number of hydrogen-bond acceptors (Lipinski definition) is 3. The summed E-state index contributed by atoms with van der Waals surface area (Å²) in [6, 6.07) is 1.75. The lowest BCUT2D eigenvalue weighted by Crippen LogP contribution is -2.06. The third-order valence-electron chi connectivity index (χ3n) is 2.27. The third-order valence-corrected chi connectivity index (χ3v) is 2.46. The Kier molecular flexibility index (Phi) is 6.42. The molecule has 3 nitrogen and oxygen atoms in total. The van der Waals surface area contributed by atoms with Gasteiger partial charge in [-0.1, -0.05) is 18.5 Å². The van der Waals surface area contributed by atoms with Crippen LogP contribution in [-0.2, 0) is 6.42 Å². The molecule has 1 aromatic heterocycles. The minimum Gasteiger partial charge on any atom is -0.370 e. The molecule has 0 spiro atoms. The van der Waals surface area contributed by atoms with Crippen LogP contribution >= 0.6 is 11.6 Å². The van der Waals surface area contributed by atoms with E-state index in [1.807, 2.05) is 0 Å². The molecule has 1 aromatic rings. The minimum absolute atomic E-state index is 0.495. The lowest BCUT2D eigenvalue weighted by atomic mass is 10.2. The van der Waals surface area contributed by atoms with Gasteiger partial charge in [0.05, 0.1) is 0 Å². The number of nitrogens with zero attached hydrogens (tertiary/aromatic N) is 2. The van der Waals surface area contributed by atoms with Crippen molar-refractivity contribution in [1.29, 1.82) is 0 Å². The average molecular weight is 252 g/mol. The summed E-state index contributed by atoms with van der Waals surface area (Å²) in [5.41, 5.74) is 0. The topological polar surface area (TPSA) is 37.8 Å². The predicted molar refractivity (Wildman–Crippen MR) is 72.2 cm³/mol. The van der Waals surface area contributed by atoms with E-state index in [9.17, 15) is 0 Å². The lowest BCUT2D eigenvalue weighted by molar-refractivity contribution is 0.782. The fourth-order valence-corrected chi connectivity index (χ4v) is 1.66. The van der Waals surface area contributed by atoms with E-state index in [2.05, 4.69) is 28.1 Å². The maximum absolute atomic E-state index is 5.93. The molecular formula is C13H18ClN3. The maximum Gasteiger partial charge on any atom is 0.134 e. The van der Waals surface area contributed by atoms with Gasteiger partial charge in [0.25, 0.3) is 0 Å². The number of aryl methyl sites for hydroxylation is 1. The maximum atomic E-state index is 5.93. The largest absolute Gasteiger partial charge is 0.370 e. The molecule has 0 unspecified atom stereocenters. The number of halogens is 1. The fourth-order valence-electron chi connectivity index (χ4n) is 1.46. The van der Waals surface area contributed by atoms with Crippen molar-refractivity contribution in [2.45, 2.75) is 39.0 Å². The number of aromatic nitrogens is 2. The number of anilines is 1. The molecule has 0 aliphatic heterocycles. The van der Waals surface area contributed by atoms with Gasteiger partial charge in [-0.25, -0.2) is 9.97 Å². The number of hydrogen-bond donors (Lipinski definition) is 1. The van der Waals surface area contributed by atoms with Crippen LogP contribution in [-0.4, -0.2) is 16.5 Å². The lowest BCUT2D eigenvalue weighted by Gasteiger charge is -2.07. The van der Waals surface area contributed by atoms with Crippen LogP contribution in [0.2, 0.25) is 5.15 Å². The highest BCUT2D eigenvalue weighted by atomic mass is 35.5. The summed E-state index contributed by atoms with van der Waals surface area (Å²) in [6.45, 7) is 2.96. The number of terminal acetylenes is 1. The summed E-state index contributed by atoms with van der Waals surface area (Å²) in [5.74, 6) is 4.22. The van der Waals surface area contributed by atoms with Crippen molar-refractivity contribution in [3.05, 3.63) is 17.0 Å². The first-order valence-corrected chi connectivity index (χ1v) is 6.35. The van der Waals surface area contributed by atoms with Gasteiger partial charge in [0.1, 0.15) is 16.8 Å². The van der Waals surface area contributed by atoms with Gasteiger partial charge in [-0.2, -0.15) is 0 Å². The van der Waals surface area contributed by atoms with Crippen LogP contribution in [0.15, 0.2) is 6.07 Å². The van der Waals surface area contributed by atoms with E-state index in [0.29, 0.717) is 5.15 Å². The van der Waals surface area contributed by atoms with Gasteiger partial charge < -0.3 is 5.32 Å². The molecule has 0 atom stereocenters. The summed E-state index contributed by atoms with van der Waals surface area (Å²) in [5, 5.41) is 3.73. The number of rotatable bonds is 7. The van der Waals surface area contributed by atoms with E-state index < -0.39 is 0 Å². The Bertz CT molecular complexity index is 385. The average Bonchev–Trinajstić information content (AvgIpc) is 2.28. The van der Waals surface area contributed by atoms with Crippen LogP contribution in [0.1, 0.15) is 38.4 Å². The van der Waals surface area contributed by atoms with E-state index in [1.54, 1.807) is 6.07 Å². The van der Waals surface area contributed by atoms with Gasteiger partial charge in [0.15, 0.2) is 0 Å². The molecule has 17 heavy (non-hydrogen) atoms. The highest BCUT2D eigenvalue weighted by molar-refractivity contribution is 6.29. The Hall–Kier alpha value is -1.27. The van der Waals surface area contributed by atoms with Gasteiger partial charge in [-0.15, -0.1) is 12.3 Å². The minimum atomic E-state index is 0.495. The summed E-state index contributed by atoms with van der Waals surface area (Å²) in [4.78, 5) is 8.56.